The number of hydrogen-bond acceptors (Lipinski definition) is 7. The van der Waals surface area contributed by atoms with Crippen LogP contribution in [0.1, 0.15) is 10.4 Å². The highest BCUT2D eigenvalue weighted by molar-refractivity contribution is 8.00. The lowest BCUT2D eigenvalue weighted by molar-refractivity contribution is -0.113. The molecule has 0 spiro atoms. The third kappa shape index (κ3) is 3.29. The fourth-order valence-electron chi connectivity index (χ4n) is 2.43. The van der Waals surface area contributed by atoms with Crippen molar-refractivity contribution in [2.24, 2.45) is 14.1 Å². The molecule has 136 valence electrons. The van der Waals surface area contributed by atoms with Crippen LogP contribution in [-0.4, -0.2) is 30.8 Å². The van der Waals surface area contributed by atoms with E-state index in [0.717, 1.165) is 25.4 Å². The molecule has 3 rings (SSSR count). The lowest BCUT2D eigenvalue weighted by atomic mass is 10.2. The van der Waals surface area contributed by atoms with E-state index < -0.39 is 11.2 Å². The van der Waals surface area contributed by atoms with Crippen molar-refractivity contribution in [3.63, 3.8) is 0 Å². The van der Waals surface area contributed by atoms with E-state index in [4.69, 9.17) is 0 Å². The maximum Gasteiger partial charge on any atom is 0.332 e. The second kappa shape index (κ2) is 7.04. The summed E-state index contributed by atoms with van der Waals surface area (Å²) in [5.41, 5.74) is 0.141. The maximum atomic E-state index is 12.3. The number of thioether (sulfide) groups is 1. The van der Waals surface area contributed by atoms with E-state index in [-0.39, 0.29) is 17.5 Å². The quantitative estimate of drug-likeness (QED) is 0.534. The molecular formula is C16H17N5O3S2. The van der Waals surface area contributed by atoms with E-state index in [0.29, 0.717) is 0 Å². The molecule has 0 aliphatic heterocycles. The molecule has 10 heteroatoms. The van der Waals surface area contributed by atoms with Gasteiger partial charge in [-0.15, -0.1) is 11.3 Å². The first-order valence-corrected chi connectivity index (χ1v) is 9.50. The van der Waals surface area contributed by atoms with Crippen molar-refractivity contribution in [3.05, 3.63) is 43.7 Å². The molecular weight excluding hydrogens is 374 g/mol. The highest BCUT2D eigenvalue weighted by Crippen LogP contribution is 2.34. The predicted molar refractivity (Wildman–Crippen MR) is 103 cm³/mol. The fraction of sp³-hybridized carbons (Fsp3) is 0.312. The van der Waals surface area contributed by atoms with Crippen molar-refractivity contribution in [1.82, 2.24) is 19.1 Å². The van der Waals surface area contributed by atoms with Crippen molar-refractivity contribution in [2.75, 3.05) is 11.1 Å². The predicted octanol–water partition coefficient (Wildman–Crippen LogP) is 1.44. The molecule has 1 N–H and O–H groups in total. The van der Waals surface area contributed by atoms with Crippen LogP contribution in [0, 0.1) is 13.8 Å². The molecule has 0 unspecified atom stereocenters. The summed E-state index contributed by atoms with van der Waals surface area (Å²) in [5.74, 6) is -0.0576. The third-order valence-electron chi connectivity index (χ3n) is 4.06. The summed E-state index contributed by atoms with van der Waals surface area (Å²) in [6.45, 7) is 4.04. The number of thiophene rings is 1. The molecule has 0 atom stereocenters. The van der Waals surface area contributed by atoms with Gasteiger partial charge in [0.05, 0.1) is 5.75 Å². The van der Waals surface area contributed by atoms with Crippen LogP contribution in [0.3, 0.4) is 0 Å². The average Bonchev–Trinajstić information content (AvgIpc) is 2.91. The lowest BCUT2D eigenvalue weighted by Gasteiger charge is -2.10. The average molecular weight is 391 g/mol. The van der Waals surface area contributed by atoms with Crippen LogP contribution in [0.25, 0.3) is 10.2 Å². The first-order valence-electron chi connectivity index (χ1n) is 7.70. The number of nitrogens with one attached hydrogen (secondary N) is 1. The molecule has 0 saturated carbocycles. The Morgan fingerprint density at radius 3 is 2.69 bits per heavy atom. The first-order chi connectivity index (χ1) is 12.3. The SMILES string of the molecule is Cc1sc2ncnc(SCC(=O)Nc3cc(=O)n(C)c(=O)n3C)c2c1C. The standard InChI is InChI=1S/C16H17N5O3S2/c1-8-9(2)26-15-13(8)14(17-7-18-15)25-6-11(22)19-10-5-12(23)21(4)16(24)20(10)3/h5,7H,6H2,1-4H3,(H,19,22). The van der Waals surface area contributed by atoms with Crippen molar-refractivity contribution in [1.29, 1.82) is 0 Å². The van der Waals surface area contributed by atoms with E-state index >= 15 is 0 Å². The van der Waals surface area contributed by atoms with Gasteiger partial charge in [-0.2, -0.15) is 0 Å². The molecule has 0 aromatic carbocycles. The Balaban J connectivity index is 1.79. The topological polar surface area (TPSA) is 98.9 Å². The monoisotopic (exact) mass is 391 g/mol. The number of nitrogens with zero attached hydrogens (tertiary/aromatic N) is 4. The summed E-state index contributed by atoms with van der Waals surface area (Å²) in [6.07, 6.45) is 1.49. The summed E-state index contributed by atoms with van der Waals surface area (Å²) in [7, 11) is 2.88. The van der Waals surface area contributed by atoms with Crippen LogP contribution in [-0.2, 0) is 18.9 Å². The van der Waals surface area contributed by atoms with Gasteiger partial charge < -0.3 is 5.32 Å². The van der Waals surface area contributed by atoms with Gasteiger partial charge in [0, 0.05) is 30.4 Å². The highest BCUT2D eigenvalue weighted by atomic mass is 32.2. The zero-order valence-electron chi connectivity index (χ0n) is 14.7. The van der Waals surface area contributed by atoms with E-state index in [9.17, 15) is 14.4 Å². The molecule has 0 radical (unpaired) electrons. The van der Waals surface area contributed by atoms with Crippen LogP contribution < -0.4 is 16.6 Å². The Morgan fingerprint density at radius 1 is 1.23 bits per heavy atom. The second-order valence-electron chi connectivity index (χ2n) is 5.75. The van der Waals surface area contributed by atoms with E-state index in [1.54, 1.807) is 11.3 Å². The van der Waals surface area contributed by atoms with Crippen LogP contribution >= 0.6 is 23.1 Å². The number of carbonyl (C=O) groups is 1. The number of rotatable bonds is 4. The van der Waals surface area contributed by atoms with Gasteiger partial charge in [-0.25, -0.2) is 14.8 Å². The number of aryl methyl sites for hydroxylation is 2. The minimum absolute atomic E-state index is 0.101. The van der Waals surface area contributed by atoms with Crippen molar-refractivity contribution in [2.45, 2.75) is 18.9 Å². The van der Waals surface area contributed by atoms with Gasteiger partial charge in [0.2, 0.25) is 5.91 Å². The Hall–Kier alpha value is -2.46. The molecule has 0 fully saturated rings. The first kappa shape index (κ1) is 18.3. The van der Waals surface area contributed by atoms with Gasteiger partial charge in [-0.1, -0.05) is 11.8 Å². The number of carbonyl (C=O) groups excluding carboxylic acids is 1. The second-order valence-corrected chi connectivity index (χ2v) is 7.91. The van der Waals surface area contributed by atoms with Crippen molar-refractivity contribution >= 4 is 45.0 Å². The molecule has 0 aliphatic carbocycles. The van der Waals surface area contributed by atoms with Gasteiger partial charge in [-0.3, -0.25) is 18.7 Å². The Kier molecular flexibility index (Phi) is 4.97. The minimum Gasteiger partial charge on any atom is -0.311 e. The van der Waals surface area contributed by atoms with E-state index in [2.05, 4.69) is 15.3 Å². The number of anilines is 1. The Morgan fingerprint density at radius 2 is 1.96 bits per heavy atom. The van der Waals surface area contributed by atoms with Crippen LogP contribution in [0.2, 0.25) is 0 Å². The van der Waals surface area contributed by atoms with Gasteiger partial charge >= 0.3 is 5.69 Å². The molecule has 3 heterocycles. The molecule has 3 aromatic rings. The van der Waals surface area contributed by atoms with Crippen molar-refractivity contribution < 1.29 is 4.79 Å². The summed E-state index contributed by atoms with van der Waals surface area (Å²) < 4.78 is 2.20. The summed E-state index contributed by atoms with van der Waals surface area (Å²) >= 11 is 2.89. The van der Waals surface area contributed by atoms with Gasteiger partial charge in [-0.05, 0) is 19.4 Å². The smallest absolute Gasteiger partial charge is 0.311 e. The minimum atomic E-state index is -0.498. The van der Waals surface area contributed by atoms with Crippen LogP contribution in [0.15, 0.2) is 27.0 Å². The number of aromatic nitrogens is 4. The number of hydrogen-bond donors (Lipinski definition) is 1. The molecule has 1 amide bonds. The maximum absolute atomic E-state index is 12.3. The molecule has 0 aliphatic rings. The lowest BCUT2D eigenvalue weighted by Crippen LogP contribution is -2.38. The molecule has 8 nitrogen and oxygen atoms in total. The number of amides is 1. The third-order valence-corrected chi connectivity index (χ3v) is 6.17. The van der Waals surface area contributed by atoms with Crippen LogP contribution in [0.4, 0.5) is 5.82 Å². The summed E-state index contributed by atoms with van der Waals surface area (Å²) in [4.78, 5) is 46.6. The van der Waals surface area contributed by atoms with Gasteiger partial charge in [0.1, 0.15) is 22.0 Å². The molecule has 0 bridgehead atoms. The van der Waals surface area contributed by atoms with Gasteiger partial charge in [0.25, 0.3) is 5.56 Å². The van der Waals surface area contributed by atoms with E-state index in [1.807, 2.05) is 13.8 Å². The molecule has 0 saturated heterocycles. The normalized spacial score (nSPS) is 11.1. The van der Waals surface area contributed by atoms with E-state index in [1.165, 1.54) is 47.7 Å². The fourth-order valence-corrected chi connectivity index (χ4v) is 4.34. The Labute approximate surface area is 156 Å². The van der Waals surface area contributed by atoms with Gasteiger partial charge in [0.15, 0.2) is 0 Å². The van der Waals surface area contributed by atoms with Crippen LogP contribution in [0.5, 0.6) is 0 Å². The highest BCUT2D eigenvalue weighted by Gasteiger charge is 2.15. The molecule has 3 aromatic heterocycles. The molecule has 26 heavy (non-hydrogen) atoms. The van der Waals surface area contributed by atoms with Crippen molar-refractivity contribution in [3.8, 4) is 0 Å². The summed E-state index contributed by atoms with van der Waals surface area (Å²) in [6, 6.07) is 1.22. The zero-order valence-corrected chi connectivity index (χ0v) is 16.3. The number of fused-ring (bicyclic) bond motifs is 1. The Bertz CT molecular complexity index is 1130. The zero-order chi connectivity index (χ0) is 19.0. The largest absolute Gasteiger partial charge is 0.332 e. The summed E-state index contributed by atoms with van der Waals surface area (Å²) in [5, 5.41) is 4.31.